The number of nitrogens with one attached hydrogen (secondary N) is 2. The van der Waals surface area contributed by atoms with Gasteiger partial charge in [-0.25, -0.2) is 0 Å². The predicted molar refractivity (Wildman–Crippen MR) is 98.0 cm³/mol. The number of carbonyl (C=O) groups excluding carboxylic acids is 1. The lowest BCUT2D eigenvalue weighted by atomic mass is 10.2. The summed E-state index contributed by atoms with van der Waals surface area (Å²) >= 11 is 16.7. The van der Waals surface area contributed by atoms with Crippen LogP contribution in [0.4, 0.5) is 5.69 Å². The van der Waals surface area contributed by atoms with E-state index in [9.17, 15) is 9.90 Å². The minimum atomic E-state index is -0.404. The molecule has 0 fully saturated rings. The maximum absolute atomic E-state index is 11.8. The molecule has 0 radical (unpaired) electrons. The van der Waals surface area contributed by atoms with E-state index < -0.39 is 5.91 Å². The van der Waals surface area contributed by atoms with Crippen LogP contribution in [0, 0.1) is 0 Å². The second kappa shape index (κ2) is 7.97. The zero-order valence-corrected chi connectivity index (χ0v) is 14.0. The molecule has 0 aliphatic carbocycles. The quantitative estimate of drug-likeness (QED) is 0.432. The van der Waals surface area contributed by atoms with E-state index in [0.717, 1.165) is 5.56 Å². The van der Waals surface area contributed by atoms with Crippen molar-refractivity contribution in [1.29, 1.82) is 0 Å². The Kier molecular flexibility index (Phi) is 5.98. The molecule has 118 valence electrons. The fourth-order valence-electron chi connectivity index (χ4n) is 1.70. The summed E-state index contributed by atoms with van der Waals surface area (Å²) in [7, 11) is 0. The van der Waals surface area contributed by atoms with Crippen LogP contribution in [0.25, 0.3) is 6.08 Å². The first-order valence-corrected chi connectivity index (χ1v) is 7.65. The van der Waals surface area contributed by atoms with Gasteiger partial charge in [-0.15, -0.1) is 0 Å². The second-order valence-electron chi connectivity index (χ2n) is 4.47. The molecule has 0 heterocycles. The Hall–Kier alpha value is -2.08. The first-order chi connectivity index (χ1) is 11.0. The van der Waals surface area contributed by atoms with Crippen molar-refractivity contribution in [2.75, 3.05) is 5.32 Å². The van der Waals surface area contributed by atoms with Crippen LogP contribution in [-0.4, -0.2) is 16.1 Å². The highest BCUT2D eigenvalue weighted by Gasteiger charge is 2.10. The van der Waals surface area contributed by atoms with E-state index in [2.05, 4.69) is 10.6 Å². The first kappa shape index (κ1) is 17.3. The van der Waals surface area contributed by atoms with Crippen LogP contribution in [0.3, 0.4) is 0 Å². The van der Waals surface area contributed by atoms with E-state index in [0.29, 0.717) is 5.02 Å². The molecule has 0 aromatic heterocycles. The number of anilines is 1. The maximum Gasteiger partial charge on any atom is 0.250 e. The van der Waals surface area contributed by atoms with Crippen LogP contribution >= 0.6 is 35.4 Å². The van der Waals surface area contributed by atoms with Crippen LogP contribution in [0.2, 0.25) is 10.0 Å². The van der Waals surface area contributed by atoms with E-state index in [1.165, 1.54) is 18.2 Å². The highest BCUT2D eigenvalue weighted by molar-refractivity contribution is 7.80. The van der Waals surface area contributed by atoms with E-state index in [-0.39, 0.29) is 21.6 Å². The van der Waals surface area contributed by atoms with Gasteiger partial charge in [-0.05, 0) is 36.0 Å². The molecule has 2 aromatic carbocycles. The predicted octanol–water partition coefficient (Wildman–Crippen LogP) is 4.23. The Labute approximate surface area is 148 Å². The number of phenols is 1. The third-order valence-electron chi connectivity index (χ3n) is 2.74. The van der Waals surface area contributed by atoms with Gasteiger partial charge in [0.1, 0.15) is 0 Å². The standard InChI is InChI=1S/C16H12Cl2N2O2S/c17-11-8-12(18)15(22)13(9-11)19-16(23)20-14(21)7-6-10-4-2-1-3-5-10/h1-9,22H,(H2,19,20,21,23)/b7-6+. The van der Waals surface area contributed by atoms with Gasteiger partial charge in [-0.1, -0.05) is 53.5 Å². The lowest BCUT2D eigenvalue weighted by molar-refractivity contribution is -0.115. The SMILES string of the molecule is O=C(/C=C/c1ccccc1)NC(=S)Nc1cc(Cl)cc(Cl)c1O. The molecular weight excluding hydrogens is 355 g/mol. The molecule has 0 saturated carbocycles. The molecule has 1 amide bonds. The third kappa shape index (κ3) is 5.25. The normalized spacial score (nSPS) is 10.5. The number of benzene rings is 2. The second-order valence-corrected chi connectivity index (χ2v) is 5.72. The molecule has 2 aromatic rings. The van der Waals surface area contributed by atoms with Gasteiger partial charge in [0.05, 0.1) is 10.7 Å². The average molecular weight is 367 g/mol. The molecule has 0 aliphatic heterocycles. The number of hydrogen-bond acceptors (Lipinski definition) is 3. The zero-order chi connectivity index (χ0) is 16.8. The summed E-state index contributed by atoms with van der Waals surface area (Å²) < 4.78 is 0. The molecule has 2 rings (SSSR count). The fourth-order valence-corrected chi connectivity index (χ4v) is 2.41. The topological polar surface area (TPSA) is 61.4 Å². The summed E-state index contributed by atoms with van der Waals surface area (Å²) in [6.45, 7) is 0. The minimum Gasteiger partial charge on any atom is -0.504 e. The molecular formula is C16H12Cl2N2O2S. The number of rotatable bonds is 3. The smallest absolute Gasteiger partial charge is 0.250 e. The Bertz CT molecular complexity index is 764. The van der Waals surface area contributed by atoms with Crippen LogP contribution in [0.1, 0.15) is 5.56 Å². The largest absolute Gasteiger partial charge is 0.504 e. The minimum absolute atomic E-state index is 0.0151. The van der Waals surface area contributed by atoms with Crippen molar-refractivity contribution < 1.29 is 9.90 Å². The molecule has 23 heavy (non-hydrogen) atoms. The number of hydrogen-bond donors (Lipinski definition) is 3. The maximum atomic E-state index is 11.8. The molecule has 0 saturated heterocycles. The summed E-state index contributed by atoms with van der Waals surface area (Å²) in [5.74, 6) is -0.605. The summed E-state index contributed by atoms with van der Waals surface area (Å²) in [6, 6.07) is 12.2. The number of phenolic OH excluding ortho intramolecular Hbond substituents is 1. The van der Waals surface area contributed by atoms with Crippen molar-refractivity contribution in [1.82, 2.24) is 5.32 Å². The van der Waals surface area contributed by atoms with Gasteiger partial charge in [0, 0.05) is 11.1 Å². The van der Waals surface area contributed by atoms with Gasteiger partial charge in [0.15, 0.2) is 10.9 Å². The molecule has 0 atom stereocenters. The summed E-state index contributed by atoms with van der Waals surface area (Å²) in [6.07, 6.45) is 3.01. The molecule has 0 unspecified atom stereocenters. The molecule has 7 heteroatoms. The van der Waals surface area contributed by atoms with E-state index in [1.54, 1.807) is 6.08 Å². The third-order valence-corrected chi connectivity index (χ3v) is 3.45. The van der Waals surface area contributed by atoms with Crippen LogP contribution < -0.4 is 10.6 Å². The van der Waals surface area contributed by atoms with Crippen molar-refractivity contribution in [3.63, 3.8) is 0 Å². The van der Waals surface area contributed by atoms with Gasteiger partial charge in [-0.3, -0.25) is 10.1 Å². The van der Waals surface area contributed by atoms with E-state index in [4.69, 9.17) is 35.4 Å². The van der Waals surface area contributed by atoms with Gasteiger partial charge in [-0.2, -0.15) is 0 Å². The Morgan fingerprint density at radius 3 is 2.57 bits per heavy atom. The fraction of sp³-hybridized carbons (Fsp3) is 0. The number of amides is 1. The van der Waals surface area contributed by atoms with Crippen molar-refractivity contribution in [2.45, 2.75) is 0 Å². The Morgan fingerprint density at radius 2 is 1.87 bits per heavy atom. The molecule has 0 aliphatic rings. The van der Waals surface area contributed by atoms with Gasteiger partial charge in [0.2, 0.25) is 5.91 Å². The number of aromatic hydroxyl groups is 1. The highest BCUT2D eigenvalue weighted by atomic mass is 35.5. The summed E-state index contributed by atoms with van der Waals surface area (Å²) in [5.41, 5.74) is 1.10. The van der Waals surface area contributed by atoms with Crippen molar-refractivity contribution in [3.05, 3.63) is 64.1 Å². The first-order valence-electron chi connectivity index (χ1n) is 6.49. The van der Waals surface area contributed by atoms with Crippen molar-refractivity contribution >= 4 is 58.2 Å². The molecule has 4 nitrogen and oxygen atoms in total. The Morgan fingerprint density at radius 1 is 1.17 bits per heavy atom. The summed E-state index contributed by atoms with van der Waals surface area (Å²) in [5, 5.41) is 15.4. The van der Waals surface area contributed by atoms with Crippen LogP contribution in [-0.2, 0) is 4.79 Å². The van der Waals surface area contributed by atoms with Gasteiger partial charge in [0.25, 0.3) is 0 Å². The zero-order valence-electron chi connectivity index (χ0n) is 11.7. The highest BCUT2D eigenvalue weighted by Crippen LogP contribution is 2.34. The summed E-state index contributed by atoms with van der Waals surface area (Å²) in [4.78, 5) is 11.8. The number of carbonyl (C=O) groups is 1. The van der Waals surface area contributed by atoms with Gasteiger partial charge < -0.3 is 10.4 Å². The number of halogens is 2. The Balaban J connectivity index is 1.97. The molecule has 3 N–H and O–H groups in total. The van der Waals surface area contributed by atoms with Crippen molar-refractivity contribution in [3.8, 4) is 5.75 Å². The monoisotopic (exact) mass is 366 g/mol. The average Bonchev–Trinajstić information content (AvgIpc) is 2.51. The van der Waals surface area contributed by atoms with E-state index >= 15 is 0 Å². The lowest BCUT2D eigenvalue weighted by Crippen LogP contribution is -2.32. The van der Waals surface area contributed by atoms with E-state index in [1.807, 2.05) is 30.3 Å². The molecule has 0 bridgehead atoms. The van der Waals surface area contributed by atoms with Gasteiger partial charge >= 0.3 is 0 Å². The van der Waals surface area contributed by atoms with Crippen LogP contribution in [0.15, 0.2) is 48.5 Å². The lowest BCUT2D eigenvalue weighted by Gasteiger charge is -2.11. The van der Waals surface area contributed by atoms with Crippen molar-refractivity contribution in [2.24, 2.45) is 0 Å². The molecule has 0 spiro atoms. The number of thiocarbonyl (C=S) groups is 1. The van der Waals surface area contributed by atoms with Crippen LogP contribution in [0.5, 0.6) is 5.75 Å².